The number of halogens is 14. The molecule has 0 amide bonds. The zero-order chi connectivity index (χ0) is 34.5. The van der Waals surface area contributed by atoms with Gasteiger partial charge in [0.1, 0.15) is 18.1 Å². The minimum absolute atomic E-state index is 0.00759. The van der Waals surface area contributed by atoms with E-state index >= 15 is 0 Å². The van der Waals surface area contributed by atoms with E-state index in [4.69, 9.17) is 0 Å². The Morgan fingerprint density at radius 3 is 1.41 bits per heavy atom. The maximum absolute atomic E-state index is 11.9. The van der Waals surface area contributed by atoms with E-state index in [-0.39, 0.29) is 28.2 Å². The summed E-state index contributed by atoms with van der Waals surface area (Å²) >= 11 is 2.99. The van der Waals surface area contributed by atoms with E-state index in [1.165, 1.54) is 30.3 Å². The third-order valence-electron chi connectivity index (χ3n) is 3.74. The van der Waals surface area contributed by atoms with E-state index < -0.39 is 54.0 Å². The predicted octanol–water partition coefficient (Wildman–Crippen LogP) is 7.25. The maximum Gasteiger partial charge on any atom is 0.537 e. The molecule has 8 nitrogen and oxygen atoms in total. The number of ether oxygens (including phenoxy) is 3. The molecule has 0 N–H and O–H groups in total. The average molecular weight is 753 g/mol. The van der Waals surface area contributed by atoms with Crippen LogP contribution in [-0.2, 0) is 19.0 Å². The lowest BCUT2D eigenvalue weighted by molar-refractivity contribution is -0.319. The maximum atomic E-state index is 11.9. The molecule has 2 rings (SSSR count). The fourth-order valence-electron chi connectivity index (χ4n) is 2.17. The zero-order valence-corrected chi connectivity index (χ0v) is 23.1. The Kier molecular flexibility index (Phi) is 16.1. The van der Waals surface area contributed by atoms with Gasteiger partial charge in [0, 0.05) is 11.1 Å². The molecule has 0 bridgehead atoms. The van der Waals surface area contributed by atoms with Gasteiger partial charge in [0.25, 0.3) is 0 Å². The summed E-state index contributed by atoms with van der Waals surface area (Å²) in [5, 5.41) is 0.158. The number of alkyl halides is 14. The summed E-state index contributed by atoms with van der Waals surface area (Å²) in [4.78, 5) is 22.4. The van der Waals surface area contributed by atoms with Crippen molar-refractivity contribution < 1.29 is 93.5 Å². The van der Waals surface area contributed by atoms with Crippen LogP contribution in [-0.4, -0.2) is 63.4 Å². The molecule has 2 aromatic carbocycles. The molecular weight excluding hydrogens is 739 g/mol. The number of Topliss-reactive ketones (excluding diaryl/α,β-unsaturated/α-hetero) is 2. The first-order valence-corrected chi connectivity index (χ1v) is 12.9. The van der Waals surface area contributed by atoms with E-state index in [9.17, 15) is 75.1 Å². The average Bonchev–Trinajstić information content (AvgIpc) is 2.84. The lowest BCUT2D eigenvalue weighted by Crippen LogP contribution is -2.31. The van der Waals surface area contributed by atoms with Gasteiger partial charge < -0.3 is 9.47 Å². The van der Waals surface area contributed by atoms with Gasteiger partial charge >= 0.3 is 41.6 Å². The van der Waals surface area contributed by atoms with Gasteiger partial charge in [0.15, 0.2) is 11.6 Å². The summed E-state index contributed by atoms with van der Waals surface area (Å²) in [5.74, 6) is -1.49. The van der Waals surface area contributed by atoms with Crippen molar-refractivity contribution in [2.75, 3.05) is 11.9 Å². The van der Waals surface area contributed by atoms with Crippen molar-refractivity contribution in [1.82, 2.24) is 0 Å². The van der Waals surface area contributed by atoms with Crippen LogP contribution >= 0.6 is 15.9 Å². The number of carbonyl (C=O) groups excluding carboxylic acids is 2. The molecule has 0 aliphatic heterocycles. The topological polar surface area (TPSA) is 105 Å². The van der Waals surface area contributed by atoms with Gasteiger partial charge in [-0.05, 0) is 24.3 Å². The van der Waals surface area contributed by atoms with Crippen molar-refractivity contribution >= 4 is 37.6 Å². The molecule has 0 saturated heterocycles. The molecule has 0 atom stereocenters. The Morgan fingerprint density at radius 1 is 0.705 bits per heavy atom. The second-order valence-electron chi connectivity index (χ2n) is 6.96. The minimum Gasteiger partial charge on any atom is -0.435 e. The minimum atomic E-state index is -6.58. The Labute approximate surface area is 245 Å². The Morgan fingerprint density at radius 2 is 1.11 bits per heavy atom. The van der Waals surface area contributed by atoms with Crippen molar-refractivity contribution in [2.24, 2.45) is 0 Å². The SMILES string of the molecule is O=C(CBr)c1cccc(OC(F)F)c1.O=C(COC(F)(F)F)c1cccc(OC(F)F)c1.O=S(=O)(OC(F)(F)F)C(F)(F)F. The van der Waals surface area contributed by atoms with E-state index in [1.807, 2.05) is 4.18 Å². The van der Waals surface area contributed by atoms with Gasteiger partial charge in [-0.3, -0.25) is 14.3 Å². The monoisotopic (exact) mass is 752 g/mol. The van der Waals surface area contributed by atoms with Crippen LogP contribution in [0.4, 0.5) is 57.1 Å². The van der Waals surface area contributed by atoms with Crippen molar-refractivity contribution in [1.29, 1.82) is 0 Å². The normalized spacial score (nSPS) is 12.1. The second-order valence-corrected chi connectivity index (χ2v) is 9.05. The zero-order valence-electron chi connectivity index (χ0n) is 20.7. The van der Waals surface area contributed by atoms with Crippen LogP contribution in [0.25, 0.3) is 0 Å². The highest BCUT2D eigenvalue weighted by Gasteiger charge is 2.53. The Balaban J connectivity index is 0.000000646. The largest absolute Gasteiger partial charge is 0.537 e. The highest BCUT2D eigenvalue weighted by molar-refractivity contribution is 9.09. The van der Waals surface area contributed by atoms with Crippen LogP contribution < -0.4 is 9.47 Å². The summed E-state index contributed by atoms with van der Waals surface area (Å²) in [6.45, 7) is -7.17. The van der Waals surface area contributed by atoms with Crippen molar-refractivity contribution in [3.63, 3.8) is 0 Å². The highest BCUT2D eigenvalue weighted by Crippen LogP contribution is 2.30. The quantitative estimate of drug-likeness (QED) is 0.0823. The van der Waals surface area contributed by atoms with Crippen LogP contribution in [0, 0.1) is 0 Å². The summed E-state index contributed by atoms with van der Waals surface area (Å²) in [6.07, 6.45) is -10.8. The lowest BCUT2D eigenvalue weighted by atomic mass is 10.1. The molecular formula is C21H14BrF13O8S. The van der Waals surface area contributed by atoms with Gasteiger partial charge in [-0.1, -0.05) is 40.2 Å². The second kappa shape index (κ2) is 17.3. The van der Waals surface area contributed by atoms with Crippen LogP contribution in [0.5, 0.6) is 11.5 Å². The Hall–Kier alpha value is -3.18. The Bertz CT molecular complexity index is 1310. The molecule has 44 heavy (non-hydrogen) atoms. The smallest absolute Gasteiger partial charge is 0.435 e. The standard InChI is InChI=1S/C10H7F5O3.C9H7BrF2O2.C2F6O3S/c11-9(12)18-7-3-1-2-6(4-7)8(16)5-17-10(13,14)15;10-5-8(13)6-2-1-3-7(4-6)14-9(11)12;3-1(4,5)11-12(9,10)2(6,7)8/h1-4,9H,5H2;1-4,9H,5H2;. The van der Waals surface area contributed by atoms with Gasteiger partial charge in [-0.25, -0.2) is 0 Å². The third kappa shape index (κ3) is 17.8. The van der Waals surface area contributed by atoms with Gasteiger partial charge in [-0.15, -0.1) is 26.3 Å². The molecule has 0 radical (unpaired) electrons. The lowest BCUT2D eigenvalue weighted by Gasteiger charge is -2.09. The summed E-state index contributed by atoms with van der Waals surface area (Å²) in [5.41, 5.74) is -5.93. The number of hydrogen-bond acceptors (Lipinski definition) is 8. The van der Waals surface area contributed by atoms with Gasteiger partial charge in [-0.2, -0.15) is 43.3 Å². The molecule has 0 spiro atoms. The predicted molar refractivity (Wildman–Crippen MR) is 123 cm³/mol. The molecule has 0 fully saturated rings. The van der Waals surface area contributed by atoms with Crippen LogP contribution in [0.2, 0.25) is 0 Å². The number of rotatable bonds is 10. The van der Waals surface area contributed by atoms with E-state index in [2.05, 4.69) is 30.1 Å². The molecule has 0 saturated carbocycles. The molecule has 0 aliphatic rings. The molecule has 0 unspecified atom stereocenters. The molecule has 0 heterocycles. The van der Waals surface area contributed by atoms with Gasteiger partial charge in [0.05, 0.1) is 5.33 Å². The number of ketones is 2. The van der Waals surface area contributed by atoms with E-state index in [0.717, 1.165) is 12.1 Å². The fourth-order valence-corrected chi connectivity index (χ4v) is 2.84. The molecule has 2 aromatic rings. The van der Waals surface area contributed by atoms with Crippen LogP contribution in [0.3, 0.4) is 0 Å². The fraction of sp³-hybridized carbons (Fsp3) is 0.333. The van der Waals surface area contributed by atoms with E-state index in [1.54, 1.807) is 6.07 Å². The molecule has 23 heteroatoms. The van der Waals surface area contributed by atoms with Crippen LogP contribution in [0.15, 0.2) is 48.5 Å². The van der Waals surface area contributed by atoms with Crippen molar-refractivity contribution in [3.05, 3.63) is 59.7 Å². The summed E-state index contributed by atoms with van der Waals surface area (Å²) < 4.78 is 181. The number of carbonyl (C=O) groups is 2. The number of hydrogen-bond donors (Lipinski definition) is 0. The molecule has 0 aliphatic carbocycles. The molecule has 250 valence electrons. The first-order valence-electron chi connectivity index (χ1n) is 10.4. The van der Waals surface area contributed by atoms with Crippen molar-refractivity contribution in [2.45, 2.75) is 31.5 Å². The van der Waals surface area contributed by atoms with Crippen LogP contribution in [0.1, 0.15) is 20.7 Å². The summed E-state index contributed by atoms with van der Waals surface area (Å²) in [6, 6.07) is 10.1. The van der Waals surface area contributed by atoms with E-state index in [0.29, 0.717) is 5.56 Å². The first-order chi connectivity index (χ1) is 19.9. The van der Waals surface area contributed by atoms with Crippen molar-refractivity contribution in [3.8, 4) is 11.5 Å². The summed E-state index contributed by atoms with van der Waals surface area (Å²) in [7, 11) is -6.58. The first kappa shape index (κ1) is 40.8. The highest BCUT2D eigenvalue weighted by atomic mass is 79.9. The third-order valence-corrected chi connectivity index (χ3v) is 5.22. The number of benzene rings is 2. The van der Waals surface area contributed by atoms with Gasteiger partial charge in [0.2, 0.25) is 0 Å². The molecule has 0 aromatic heterocycles.